The molecule has 152 valence electrons. The first kappa shape index (κ1) is 19.9. The van der Waals surface area contributed by atoms with Gasteiger partial charge in [-0.15, -0.1) is 0 Å². The van der Waals surface area contributed by atoms with E-state index in [-0.39, 0.29) is 0 Å². The van der Waals surface area contributed by atoms with Gasteiger partial charge in [0.2, 0.25) is 0 Å². The number of hydrogen-bond acceptors (Lipinski definition) is 5. The van der Waals surface area contributed by atoms with Crippen LogP contribution in [-0.2, 0) is 10.2 Å². The van der Waals surface area contributed by atoms with Gasteiger partial charge in [0.15, 0.2) is 5.69 Å². The van der Waals surface area contributed by atoms with Gasteiger partial charge < -0.3 is 4.74 Å². The van der Waals surface area contributed by atoms with Crippen LogP contribution in [0.5, 0.6) is 0 Å². The third-order valence-electron chi connectivity index (χ3n) is 5.77. The first-order chi connectivity index (χ1) is 15.1. The predicted octanol–water partition coefficient (Wildman–Crippen LogP) is 5.74. The summed E-state index contributed by atoms with van der Waals surface area (Å²) in [4.78, 5) is 6.42. The summed E-state index contributed by atoms with van der Waals surface area (Å²) in [5.41, 5.74) is 2.46. The zero-order valence-electron chi connectivity index (χ0n) is 16.5. The van der Waals surface area contributed by atoms with Crippen molar-refractivity contribution < 1.29 is 4.74 Å². The number of halogens is 1. The Morgan fingerprint density at radius 2 is 1.87 bits per heavy atom. The summed E-state index contributed by atoms with van der Waals surface area (Å²) in [5, 5.41) is 20.6. The Bertz CT molecular complexity index is 1390. The smallest absolute Gasteiger partial charge is 0.159 e. The van der Waals surface area contributed by atoms with Gasteiger partial charge in [0, 0.05) is 40.7 Å². The van der Waals surface area contributed by atoms with Gasteiger partial charge in [-0.25, -0.2) is 4.98 Å². The van der Waals surface area contributed by atoms with E-state index in [1.54, 1.807) is 24.0 Å². The number of nitrogens with zero attached hydrogens (tertiary/aromatic N) is 4. The number of rotatable bonds is 3. The Morgan fingerprint density at radius 3 is 2.65 bits per heavy atom. The second-order valence-corrected chi connectivity index (χ2v) is 9.13. The van der Waals surface area contributed by atoms with Gasteiger partial charge in [-0.2, -0.15) is 10.5 Å². The van der Waals surface area contributed by atoms with Crippen LogP contribution in [0.25, 0.3) is 16.6 Å². The Kier molecular flexibility index (Phi) is 5.08. The molecule has 0 atom stereocenters. The summed E-state index contributed by atoms with van der Waals surface area (Å²) in [6.45, 7) is 1.23. The number of ether oxygens (including phenoxy) is 1. The summed E-state index contributed by atoms with van der Waals surface area (Å²) in [7, 11) is 0. The Hall–Kier alpha value is -3.03. The van der Waals surface area contributed by atoms with Crippen LogP contribution in [0.4, 0.5) is 0 Å². The molecule has 5 rings (SSSR count). The van der Waals surface area contributed by atoms with Crippen molar-refractivity contribution in [2.75, 3.05) is 13.2 Å². The fourth-order valence-corrected chi connectivity index (χ4v) is 5.26. The number of benzene rings is 2. The molecule has 2 aromatic carbocycles. The van der Waals surface area contributed by atoms with Crippen LogP contribution >= 0.6 is 23.4 Å². The molecule has 0 radical (unpaired) electrons. The lowest BCUT2D eigenvalue weighted by atomic mass is 9.75. The number of aromatic nitrogens is 2. The lowest BCUT2D eigenvalue weighted by molar-refractivity contribution is 0.0675. The quantitative estimate of drug-likeness (QED) is 0.403. The van der Waals surface area contributed by atoms with Gasteiger partial charge in [-0.3, -0.25) is 4.40 Å². The molecule has 0 saturated carbocycles. The SMILES string of the molecule is N#Cc1cn2c(cc(Cl)c3ccc(Sc4cccc(C5(C#N)CCOCC5)c4)cc32)n1. The zero-order chi connectivity index (χ0) is 21.4. The second kappa shape index (κ2) is 7.90. The van der Waals surface area contributed by atoms with Crippen LogP contribution in [0.15, 0.2) is 64.5 Å². The number of pyridine rings is 1. The predicted molar refractivity (Wildman–Crippen MR) is 120 cm³/mol. The molecule has 0 unspecified atom stereocenters. The molecule has 1 aliphatic rings. The van der Waals surface area contributed by atoms with E-state index < -0.39 is 5.41 Å². The highest BCUT2D eigenvalue weighted by Crippen LogP contribution is 2.38. The van der Waals surface area contributed by atoms with E-state index in [4.69, 9.17) is 16.3 Å². The molecule has 1 fully saturated rings. The van der Waals surface area contributed by atoms with Crippen LogP contribution < -0.4 is 0 Å². The Balaban J connectivity index is 1.54. The van der Waals surface area contributed by atoms with Gasteiger partial charge in [0.25, 0.3) is 0 Å². The molecule has 2 aromatic heterocycles. The second-order valence-electron chi connectivity index (χ2n) is 7.57. The van der Waals surface area contributed by atoms with Crippen molar-refractivity contribution >= 4 is 39.9 Å². The van der Waals surface area contributed by atoms with Crippen molar-refractivity contribution in [3.63, 3.8) is 0 Å². The molecular formula is C24H17ClN4OS. The molecule has 0 amide bonds. The summed E-state index contributed by atoms with van der Waals surface area (Å²) in [6.07, 6.45) is 3.16. The van der Waals surface area contributed by atoms with Crippen molar-refractivity contribution in [2.45, 2.75) is 28.0 Å². The molecule has 7 heteroatoms. The van der Waals surface area contributed by atoms with E-state index in [0.717, 1.165) is 26.3 Å². The van der Waals surface area contributed by atoms with Crippen LogP contribution in [0.2, 0.25) is 5.02 Å². The van der Waals surface area contributed by atoms with Crippen molar-refractivity contribution in [3.8, 4) is 12.1 Å². The third-order valence-corrected chi connectivity index (χ3v) is 7.06. The van der Waals surface area contributed by atoms with Gasteiger partial charge in [0.1, 0.15) is 11.7 Å². The molecule has 3 heterocycles. The van der Waals surface area contributed by atoms with Gasteiger partial charge >= 0.3 is 0 Å². The highest BCUT2D eigenvalue weighted by molar-refractivity contribution is 7.99. The van der Waals surface area contributed by atoms with Gasteiger partial charge in [-0.05, 0) is 42.7 Å². The number of hydrogen-bond donors (Lipinski definition) is 0. The van der Waals surface area contributed by atoms with Crippen molar-refractivity contribution in [1.29, 1.82) is 10.5 Å². The van der Waals surface area contributed by atoms with Crippen LogP contribution in [0.1, 0.15) is 24.1 Å². The first-order valence-electron chi connectivity index (χ1n) is 9.91. The summed E-state index contributed by atoms with van der Waals surface area (Å²) >= 11 is 8.09. The largest absolute Gasteiger partial charge is 0.381 e. The molecule has 31 heavy (non-hydrogen) atoms. The third kappa shape index (κ3) is 3.54. The van der Waals surface area contributed by atoms with Crippen molar-refractivity contribution in [2.24, 2.45) is 0 Å². The maximum atomic E-state index is 9.89. The maximum absolute atomic E-state index is 9.89. The lowest BCUT2D eigenvalue weighted by Gasteiger charge is -2.31. The maximum Gasteiger partial charge on any atom is 0.159 e. The van der Waals surface area contributed by atoms with E-state index in [9.17, 15) is 10.5 Å². The average Bonchev–Trinajstić information content (AvgIpc) is 3.23. The minimum atomic E-state index is -0.484. The van der Waals surface area contributed by atoms with Gasteiger partial charge in [-0.1, -0.05) is 41.6 Å². The minimum Gasteiger partial charge on any atom is -0.381 e. The molecule has 1 aliphatic heterocycles. The summed E-state index contributed by atoms with van der Waals surface area (Å²) in [6, 6.07) is 20.7. The van der Waals surface area contributed by atoms with Gasteiger partial charge in [0.05, 0.1) is 22.0 Å². The Labute approximate surface area is 188 Å². The highest BCUT2D eigenvalue weighted by atomic mass is 35.5. The van der Waals surface area contributed by atoms with Crippen LogP contribution in [-0.4, -0.2) is 22.6 Å². The minimum absolute atomic E-state index is 0.354. The van der Waals surface area contributed by atoms with E-state index >= 15 is 0 Å². The molecule has 5 nitrogen and oxygen atoms in total. The van der Waals surface area contributed by atoms with Crippen molar-refractivity contribution in [1.82, 2.24) is 9.38 Å². The molecule has 4 aromatic rings. The monoisotopic (exact) mass is 444 g/mol. The zero-order valence-corrected chi connectivity index (χ0v) is 18.1. The number of fused-ring (bicyclic) bond motifs is 3. The standard InChI is InChI=1S/C24H17ClN4OS/c25-21-12-23-28-17(13-26)14-29(23)22-11-19(4-5-20(21)22)31-18-3-1-2-16(10-18)24(15-27)6-8-30-9-7-24/h1-5,10-12,14H,6-9H2. The first-order valence-corrected chi connectivity index (χ1v) is 11.1. The Morgan fingerprint density at radius 1 is 1.06 bits per heavy atom. The molecule has 0 spiro atoms. The fourth-order valence-electron chi connectivity index (χ4n) is 4.09. The summed E-state index contributed by atoms with van der Waals surface area (Å²) in [5.74, 6) is 0. The highest BCUT2D eigenvalue weighted by Gasteiger charge is 2.34. The number of nitriles is 2. The molecule has 0 bridgehead atoms. The fraction of sp³-hybridized carbons (Fsp3) is 0.208. The molecule has 0 N–H and O–H groups in total. The molecule has 1 saturated heterocycles. The van der Waals surface area contributed by atoms with Crippen molar-refractivity contribution in [3.05, 3.63) is 71.0 Å². The molecule has 0 aliphatic carbocycles. The van der Waals surface area contributed by atoms with E-state index in [1.807, 2.05) is 28.7 Å². The topological polar surface area (TPSA) is 74.1 Å². The molecular weight excluding hydrogens is 428 g/mol. The van der Waals surface area contributed by atoms with E-state index in [1.165, 1.54) is 0 Å². The van der Waals surface area contributed by atoms with E-state index in [0.29, 0.717) is 42.4 Å². The van der Waals surface area contributed by atoms with Crippen LogP contribution in [0.3, 0.4) is 0 Å². The average molecular weight is 445 g/mol. The number of imidazole rings is 1. The van der Waals surface area contributed by atoms with E-state index in [2.05, 4.69) is 35.3 Å². The lowest BCUT2D eigenvalue weighted by Crippen LogP contribution is -2.32. The van der Waals surface area contributed by atoms with Crippen LogP contribution in [0, 0.1) is 22.7 Å². The summed E-state index contributed by atoms with van der Waals surface area (Å²) < 4.78 is 7.37. The normalized spacial score (nSPS) is 15.6.